The van der Waals surface area contributed by atoms with Crippen molar-refractivity contribution >= 4 is 43.1 Å². The standard InChI is InChI=1S/C13H28N4O.3ClH/c1-13(2,3)11(14)12(18)15-8-10-9-16(4)6-7-17(10)5;;;/h10-11H,6-9,14H2,1-5H3,(H,15,18);3*1H/t10?,11-;;;/m1.../s1. The summed E-state index contributed by atoms with van der Waals surface area (Å²) in [5.41, 5.74) is 5.74. The summed E-state index contributed by atoms with van der Waals surface area (Å²) < 4.78 is 0. The number of carbonyl (C=O) groups excluding carboxylic acids is 1. The minimum Gasteiger partial charge on any atom is -0.353 e. The third kappa shape index (κ3) is 8.43. The lowest BCUT2D eigenvalue weighted by atomic mass is 9.87. The Kier molecular flexibility index (Phi) is 13.5. The van der Waals surface area contributed by atoms with E-state index in [-0.39, 0.29) is 48.5 Å². The number of nitrogens with one attached hydrogen (secondary N) is 1. The number of likely N-dealkylation sites (N-methyl/N-ethyl adjacent to an activating group) is 2. The van der Waals surface area contributed by atoms with Crippen molar-refractivity contribution in [1.82, 2.24) is 15.1 Å². The minimum atomic E-state index is -0.455. The van der Waals surface area contributed by atoms with Crippen LogP contribution >= 0.6 is 37.2 Å². The summed E-state index contributed by atoms with van der Waals surface area (Å²) in [4.78, 5) is 16.5. The summed E-state index contributed by atoms with van der Waals surface area (Å²) in [6.45, 7) is 9.74. The van der Waals surface area contributed by atoms with Gasteiger partial charge in [0.05, 0.1) is 6.04 Å². The second-order valence-corrected chi connectivity index (χ2v) is 6.49. The highest BCUT2D eigenvalue weighted by molar-refractivity contribution is 5.86. The van der Waals surface area contributed by atoms with Crippen molar-refractivity contribution in [3.8, 4) is 0 Å². The predicted molar refractivity (Wildman–Crippen MR) is 96.1 cm³/mol. The van der Waals surface area contributed by atoms with Crippen molar-refractivity contribution in [2.45, 2.75) is 32.9 Å². The van der Waals surface area contributed by atoms with Gasteiger partial charge in [0.25, 0.3) is 0 Å². The van der Waals surface area contributed by atoms with E-state index < -0.39 is 6.04 Å². The molecular formula is C13H31Cl3N4O. The molecular weight excluding hydrogens is 335 g/mol. The van der Waals surface area contributed by atoms with E-state index >= 15 is 0 Å². The number of hydrogen-bond acceptors (Lipinski definition) is 4. The van der Waals surface area contributed by atoms with E-state index in [4.69, 9.17) is 5.73 Å². The monoisotopic (exact) mass is 364 g/mol. The summed E-state index contributed by atoms with van der Waals surface area (Å²) in [5, 5.41) is 2.98. The molecule has 1 heterocycles. The Hall–Kier alpha value is 0.220. The molecule has 0 aliphatic carbocycles. The molecule has 0 aromatic rings. The van der Waals surface area contributed by atoms with Crippen molar-refractivity contribution in [3.05, 3.63) is 0 Å². The van der Waals surface area contributed by atoms with Gasteiger partial charge in [-0.1, -0.05) is 20.8 Å². The Balaban J connectivity index is -0.00000108. The smallest absolute Gasteiger partial charge is 0.237 e. The summed E-state index contributed by atoms with van der Waals surface area (Å²) >= 11 is 0. The predicted octanol–water partition coefficient (Wildman–Crippen LogP) is 0.987. The van der Waals surface area contributed by atoms with Crippen LogP contribution in [0.4, 0.5) is 0 Å². The van der Waals surface area contributed by atoms with Gasteiger partial charge in [-0.25, -0.2) is 0 Å². The molecule has 0 aromatic carbocycles. The van der Waals surface area contributed by atoms with Crippen molar-refractivity contribution in [2.75, 3.05) is 40.3 Å². The lowest BCUT2D eigenvalue weighted by Crippen LogP contribution is -2.56. The molecule has 0 radical (unpaired) electrons. The maximum absolute atomic E-state index is 12.0. The highest BCUT2D eigenvalue weighted by Gasteiger charge is 2.29. The molecule has 21 heavy (non-hydrogen) atoms. The quantitative estimate of drug-likeness (QED) is 0.783. The summed E-state index contributed by atoms with van der Waals surface area (Å²) in [7, 11) is 4.22. The van der Waals surface area contributed by atoms with Gasteiger partial charge >= 0.3 is 0 Å². The van der Waals surface area contributed by atoms with E-state index in [2.05, 4.69) is 29.2 Å². The van der Waals surface area contributed by atoms with Crippen LogP contribution in [0.15, 0.2) is 0 Å². The Morgan fingerprint density at radius 1 is 1.24 bits per heavy atom. The maximum atomic E-state index is 12.0. The van der Waals surface area contributed by atoms with Crippen LogP contribution in [0.25, 0.3) is 0 Å². The molecule has 0 spiro atoms. The van der Waals surface area contributed by atoms with Crippen LogP contribution in [0.5, 0.6) is 0 Å². The third-order valence-electron chi connectivity index (χ3n) is 3.71. The average Bonchev–Trinajstić information content (AvgIpc) is 2.27. The van der Waals surface area contributed by atoms with Crippen LogP contribution in [-0.2, 0) is 4.79 Å². The first kappa shape index (κ1) is 26.1. The van der Waals surface area contributed by atoms with E-state index in [9.17, 15) is 4.79 Å². The van der Waals surface area contributed by atoms with Gasteiger partial charge in [-0.15, -0.1) is 37.2 Å². The number of carbonyl (C=O) groups is 1. The zero-order valence-corrected chi connectivity index (χ0v) is 16.0. The first-order valence-corrected chi connectivity index (χ1v) is 6.64. The lowest BCUT2D eigenvalue weighted by molar-refractivity contribution is -0.124. The third-order valence-corrected chi connectivity index (χ3v) is 3.71. The van der Waals surface area contributed by atoms with Crippen LogP contribution in [0, 0.1) is 5.41 Å². The van der Waals surface area contributed by atoms with Gasteiger partial charge < -0.3 is 16.0 Å². The van der Waals surface area contributed by atoms with Gasteiger partial charge in [-0.05, 0) is 19.5 Å². The minimum absolute atomic E-state index is 0. The molecule has 0 saturated carbocycles. The molecule has 1 amide bonds. The molecule has 0 aromatic heterocycles. The van der Waals surface area contributed by atoms with Gasteiger partial charge in [0.1, 0.15) is 0 Å². The van der Waals surface area contributed by atoms with Gasteiger partial charge in [0.15, 0.2) is 0 Å². The summed E-state index contributed by atoms with van der Waals surface area (Å²) in [6.07, 6.45) is 0. The van der Waals surface area contributed by atoms with Crippen LogP contribution < -0.4 is 11.1 Å². The number of amides is 1. The fraction of sp³-hybridized carbons (Fsp3) is 0.923. The van der Waals surface area contributed by atoms with E-state index in [1.807, 2.05) is 20.8 Å². The van der Waals surface area contributed by atoms with Crippen molar-refractivity contribution in [2.24, 2.45) is 11.1 Å². The van der Waals surface area contributed by atoms with Crippen molar-refractivity contribution < 1.29 is 4.79 Å². The van der Waals surface area contributed by atoms with Gasteiger partial charge in [-0.2, -0.15) is 0 Å². The Morgan fingerprint density at radius 2 is 1.76 bits per heavy atom. The van der Waals surface area contributed by atoms with Crippen molar-refractivity contribution in [1.29, 1.82) is 0 Å². The SMILES string of the molecule is CN1CCN(C)C(CNC(=O)[C@@H](N)C(C)(C)C)C1.Cl.Cl.Cl. The van der Waals surface area contributed by atoms with E-state index in [0.717, 1.165) is 19.6 Å². The molecule has 130 valence electrons. The number of hydrogen-bond donors (Lipinski definition) is 2. The normalized spacial score (nSPS) is 21.3. The maximum Gasteiger partial charge on any atom is 0.237 e. The largest absolute Gasteiger partial charge is 0.353 e. The first-order valence-electron chi connectivity index (χ1n) is 6.64. The Labute approximate surface area is 147 Å². The lowest BCUT2D eigenvalue weighted by Gasteiger charge is -2.38. The van der Waals surface area contributed by atoms with Crippen LogP contribution in [-0.4, -0.2) is 68.1 Å². The molecule has 5 nitrogen and oxygen atoms in total. The molecule has 1 rings (SSSR count). The van der Waals surface area contributed by atoms with Crippen LogP contribution in [0.1, 0.15) is 20.8 Å². The molecule has 3 N–H and O–H groups in total. The molecule has 1 fully saturated rings. The topological polar surface area (TPSA) is 61.6 Å². The van der Waals surface area contributed by atoms with Crippen LogP contribution in [0.3, 0.4) is 0 Å². The fourth-order valence-electron chi connectivity index (χ4n) is 2.04. The Bertz CT molecular complexity index is 300. The van der Waals surface area contributed by atoms with Crippen LogP contribution in [0.2, 0.25) is 0 Å². The molecule has 1 aliphatic rings. The fourth-order valence-corrected chi connectivity index (χ4v) is 2.04. The highest BCUT2D eigenvalue weighted by Crippen LogP contribution is 2.17. The van der Waals surface area contributed by atoms with E-state index in [1.165, 1.54) is 0 Å². The zero-order valence-electron chi connectivity index (χ0n) is 13.6. The number of halogens is 3. The summed E-state index contributed by atoms with van der Waals surface area (Å²) in [5.74, 6) is -0.0517. The average molecular weight is 366 g/mol. The molecule has 2 atom stereocenters. The van der Waals surface area contributed by atoms with Gasteiger partial charge in [0, 0.05) is 32.2 Å². The molecule has 1 unspecified atom stereocenters. The molecule has 1 aliphatic heterocycles. The van der Waals surface area contributed by atoms with E-state index in [0.29, 0.717) is 12.6 Å². The Morgan fingerprint density at radius 3 is 2.24 bits per heavy atom. The van der Waals surface area contributed by atoms with Crippen molar-refractivity contribution in [3.63, 3.8) is 0 Å². The molecule has 8 heteroatoms. The zero-order chi connectivity index (χ0) is 13.9. The number of piperazine rings is 1. The van der Waals surface area contributed by atoms with E-state index in [1.54, 1.807) is 0 Å². The number of rotatable bonds is 3. The number of nitrogens with zero attached hydrogens (tertiary/aromatic N) is 2. The summed E-state index contributed by atoms with van der Waals surface area (Å²) in [6, 6.07) is -0.0796. The van der Waals surface area contributed by atoms with Gasteiger partial charge in [-0.3, -0.25) is 9.69 Å². The van der Waals surface area contributed by atoms with Gasteiger partial charge in [0.2, 0.25) is 5.91 Å². The first-order chi connectivity index (χ1) is 8.21. The molecule has 1 saturated heterocycles. The number of nitrogens with two attached hydrogens (primary N) is 1. The second-order valence-electron chi connectivity index (χ2n) is 6.49. The highest BCUT2D eigenvalue weighted by atomic mass is 35.5. The second kappa shape index (κ2) is 10.9. The molecule has 0 bridgehead atoms.